The molecule has 0 spiro atoms. The van der Waals surface area contributed by atoms with Gasteiger partial charge in [-0.05, 0) is 124 Å². The zero-order valence-corrected chi connectivity index (χ0v) is 34.8. The van der Waals surface area contributed by atoms with Crippen LogP contribution in [0.3, 0.4) is 0 Å². The van der Waals surface area contributed by atoms with E-state index in [2.05, 4.69) is 170 Å². The van der Waals surface area contributed by atoms with Crippen LogP contribution >= 0.6 is 23.1 Å². The van der Waals surface area contributed by atoms with Gasteiger partial charge in [-0.15, -0.1) is 0 Å². The first-order chi connectivity index (χ1) is 26.3. The molecule has 0 amide bonds. The molecule has 0 aliphatic rings. The van der Waals surface area contributed by atoms with Crippen LogP contribution in [0.25, 0.3) is 32.3 Å². The second kappa shape index (κ2) is 16.7. The van der Waals surface area contributed by atoms with Crippen molar-refractivity contribution in [1.82, 2.24) is 0 Å². The van der Waals surface area contributed by atoms with Crippen LogP contribution in [0.4, 0.5) is 0 Å². The Kier molecular flexibility index (Phi) is 11.4. The Balaban J connectivity index is 0.00000413. The third kappa shape index (κ3) is 7.31. The highest BCUT2D eigenvalue weighted by atomic mass is 127. The molecule has 0 N–H and O–H groups in total. The van der Waals surface area contributed by atoms with Gasteiger partial charge in [0.05, 0.1) is 6.16 Å². The molecule has 2 unspecified atom stereocenters. The van der Waals surface area contributed by atoms with Gasteiger partial charge in [-0.25, -0.2) is 0 Å². The van der Waals surface area contributed by atoms with E-state index in [-0.39, 0.29) is 24.0 Å². The Morgan fingerprint density at radius 3 is 1.50 bits per heavy atom. The van der Waals surface area contributed by atoms with Gasteiger partial charge in [0.15, 0.2) is 0 Å². The summed E-state index contributed by atoms with van der Waals surface area (Å²) in [5.41, 5.74) is 0. The average Bonchev–Trinajstić information content (AvgIpc) is 3.23. The topological polar surface area (TPSA) is 9.23 Å². The summed E-state index contributed by atoms with van der Waals surface area (Å²) in [6.45, 7) is 0. The van der Waals surface area contributed by atoms with Crippen LogP contribution in [-0.2, 0) is 0 Å². The molecule has 0 bridgehead atoms. The maximum absolute atomic E-state index is 6.19. The molecule has 54 heavy (non-hydrogen) atoms. The molecular formula is C49H40IOP3. The predicted octanol–water partition coefficient (Wildman–Crippen LogP) is 8.79. The van der Waals surface area contributed by atoms with Gasteiger partial charge in [0, 0.05) is 0 Å². The zero-order chi connectivity index (χ0) is 35.5. The predicted molar refractivity (Wildman–Crippen MR) is 237 cm³/mol. The second-order valence-corrected chi connectivity index (χ2v) is 22.0. The molecule has 0 aliphatic heterocycles. The fourth-order valence-corrected chi connectivity index (χ4v) is 18.0. The molecular weight excluding hydrogens is 824 g/mol. The van der Waals surface area contributed by atoms with Gasteiger partial charge in [-0.2, -0.15) is 0 Å². The third-order valence-corrected chi connectivity index (χ3v) is 20.5. The van der Waals surface area contributed by atoms with E-state index < -0.39 is 14.9 Å². The second-order valence-electron chi connectivity index (χ2n) is 13.5. The summed E-state index contributed by atoms with van der Waals surface area (Å²) in [4.78, 5) is 0. The molecule has 2 atom stereocenters. The van der Waals surface area contributed by atoms with Crippen LogP contribution in [-0.4, -0.2) is 12.3 Å². The molecule has 0 fully saturated rings. The third-order valence-electron chi connectivity index (χ3n) is 10.4. The summed E-state index contributed by atoms with van der Waals surface area (Å²) in [5, 5.41) is 15.5. The molecule has 0 aliphatic carbocycles. The van der Waals surface area contributed by atoms with Crippen LogP contribution in [0.15, 0.2) is 200 Å². The lowest BCUT2D eigenvalue weighted by Crippen LogP contribution is -3.00. The molecule has 264 valence electrons. The van der Waals surface area contributed by atoms with E-state index in [0.29, 0.717) is 8.27 Å². The molecule has 9 rings (SSSR count). The summed E-state index contributed by atoms with van der Waals surface area (Å²) in [5.74, 6) is 1.74. The Labute approximate surface area is 338 Å². The van der Waals surface area contributed by atoms with E-state index in [9.17, 15) is 0 Å². The highest BCUT2D eigenvalue weighted by molar-refractivity contribution is 8.27. The van der Waals surface area contributed by atoms with E-state index in [1.165, 1.54) is 58.8 Å². The molecule has 9 aromatic carbocycles. The van der Waals surface area contributed by atoms with Crippen molar-refractivity contribution in [1.29, 1.82) is 0 Å². The minimum absolute atomic E-state index is 0. The maximum atomic E-state index is 6.19. The number of ether oxygens (including phenoxy) is 1. The van der Waals surface area contributed by atoms with Crippen molar-refractivity contribution in [3.05, 3.63) is 200 Å². The van der Waals surface area contributed by atoms with Crippen LogP contribution in [0, 0.1) is 0 Å². The Hall–Kier alpha value is -4.16. The van der Waals surface area contributed by atoms with Crippen LogP contribution in [0.2, 0.25) is 0 Å². The SMILES string of the molecule is [I-].c1ccc(Oc2ccc(PP(CCC[P+](c3ccccc3)(c3ccccc3)c3ccccc3)c3ccc4ccc5cccc6ccc3c4c56)cc2)cc1. The number of benzene rings is 9. The lowest BCUT2D eigenvalue weighted by molar-refractivity contribution is -0.0000103. The minimum Gasteiger partial charge on any atom is -1.00 e. The molecule has 0 aromatic heterocycles. The van der Waals surface area contributed by atoms with Gasteiger partial charge in [0.2, 0.25) is 0 Å². The molecule has 5 heteroatoms. The summed E-state index contributed by atoms with van der Waals surface area (Å²) < 4.78 is 6.19. The molecule has 1 nitrogen and oxygen atoms in total. The van der Waals surface area contributed by atoms with Crippen LogP contribution < -0.4 is 55.2 Å². The normalized spacial score (nSPS) is 12.4. The molecule has 0 saturated heterocycles. The largest absolute Gasteiger partial charge is 1.00 e. The Morgan fingerprint density at radius 1 is 0.444 bits per heavy atom. The number of halogens is 1. The number of para-hydroxylation sites is 1. The van der Waals surface area contributed by atoms with Gasteiger partial charge in [0.1, 0.15) is 34.7 Å². The highest BCUT2D eigenvalue weighted by Crippen LogP contribution is 2.60. The van der Waals surface area contributed by atoms with Crippen LogP contribution in [0.1, 0.15) is 6.42 Å². The Bertz CT molecular complexity index is 2470. The van der Waals surface area contributed by atoms with Crippen molar-refractivity contribution < 1.29 is 28.7 Å². The van der Waals surface area contributed by atoms with E-state index in [1.807, 2.05) is 30.3 Å². The summed E-state index contributed by atoms with van der Waals surface area (Å²) in [6.07, 6.45) is 3.43. The maximum Gasteiger partial charge on any atom is 0.127 e. The van der Waals surface area contributed by atoms with Crippen molar-refractivity contribution in [3.63, 3.8) is 0 Å². The van der Waals surface area contributed by atoms with E-state index in [1.54, 1.807) is 0 Å². The quantitative estimate of drug-likeness (QED) is 0.0679. The van der Waals surface area contributed by atoms with E-state index >= 15 is 0 Å². The highest BCUT2D eigenvalue weighted by Gasteiger charge is 2.44. The number of rotatable bonds is 12. The number of hydrogen-bond donors (Lipinski definition) is 0. The smallest absolute Gasteiger partial charge is 0.127 e. The monoisotopic (exact) mass is 864 g/mol. The summed E-state index contributed by atoms with van der Waals surface area (Å²) >= 11 is 0. The van der Waals surface area contributed by atoms with Gasteiger partial charge in [-0.1, -0.05) is 148 Å². The first kappa shape index (κ1) is 36.8. The van der Waals surface area contributed by atoms with Crippen molar-refractivity contribution >= 4 is 82.0 Å². The Morgan fingerprint density at radius 2 is 0.926 bits per heavy atom. The van der Waals surface area contributed by atoms with E-state index in [0.717, 1.165) is 30.2 Å². The minimum atomic E-state index is -1.92. The zero-order valence-electron chi connectivity index (χ0n) is 29.9. The molecule has 0 radical (unpaired) electrons. The first-order valence-corrected chi connectivity index (χ1v) is 23.7. The van der Waals surface area contributed by atoms with Gasteiger partial charge < -0.3 is 28.7 Å². The standard InChI is InChI=1S/C49H40OP3.HI/c1-5-17-40(18-6-1)50-41-29-31-42(32-30-41)51-52(47-34-28-39-26-25-37-15-13-16-38-27-33-46(47)49(39)48(37)38)35-14-36-53(43-19-7-2-8-20-43,44-21-9-3-10-22-44)45-23-11-4-12-24-45;/h1-13,15-34,51H,14,35-36H2;1H/q+1;/p-1. The lowest BCUT2D eigenvalue weighted by Gasteiger charge is -2.29. The summed E-state index contributed by atoms with van der Waals surface area (Å²) in [6, 6.07) is 73.8. The van der Waals surface area contributed by atoms with Gasteiger partial charge in [0.25, 0.3) is 0 Å². The average molecular weight is 865 g/mol. The number of hydrogen-bond acceptors (Lipinski definition) is 1. The van der Waals surface area contributed by atoms with Gasteiger partial charge >= 0.3 is 0 Å². The molecule has 0 heterocycles. The van der Waals surface area contributed by atoms with Crippen molar-refractivity contribution in [3.8, 4) is 11.5 Å². The van der Waals surface area contributed by atoms with Crippen molar-refractivity contribution in [2.45, 2.75) is 6.42 Å². The first-order valence-electron chi connectivity index (χ1n) is 18.3. The van der Waals surface area contributed by atoms with E-state index in [4.69, 9.17) is 4.74 Å². The van der Waals surface area contributed by atoms with Crippen molar-refractivity contribution in [2.75, 3.05) is 12.3 Å². The fraction of sp³-hybridized carbons (Fsp3) is 0.0612. The van der Waals surface area contributed by atoms with Crippen LogP contribution in [0.5, 0.6) is 11.5 Å². The lowest BCUT2D eigenvalue weighted by atomic mass is 9.94. The fourth-order valence-electron chi connectivity index (χ4n) is 7.92. The molecule has 0 saturated carbocycles. The molecule has 9 aromatic rings. The summed E-state index contributed by atoms with van der Waals surface area (Å²) in [7, 11) is -1.76. The van der Waals surface area contributed by atoms with Gasteiger partial charge in [-0.3, -0.25) is 0 Å². The van der Waals surface area contributed by atoms with Crippen molar-refractivity contribution in [2.24, 2.45) is 0 Å².